The number of aliphatic hydroxyl groups excluding tert-OH is 1. The van der Waals surface area contributed by atoms with E-state index in [4.69, 9.17) is 4.74 Å². The molecule has 23 heavy (non-hydrogen) atoms. The maximum absolute atomic E-state index is 12.9. The van der Waals surface area contributed by atoms with E-state index in [0.717, 1.165) is 0 Å². The average Bonchev–Trinajstić information content (AvgIpc) is 2.61. The van der Waals surface area contributed by atoms with Crippen molar-refractivity contribution < 1.29 is 23.1 Å². The third-order valence-electron chi connectivity index (χ3n) is 4.29. The first-order valence-corrected chi connectivity index (χ1v) is 9.09. The summed E-state index contributed by atoms with van der Waals surface area (Å²) in [6, 6.07) is 8.14. The first-order chi connectivity index (χ1) is 10.7. The Bertz CT molecular complexity index is 693. The van der Waals surface area contributed by atoms with Crippen LogP contribution in [-0.2, 0) is 19.4 Å². The van der Waals surface area contributed by atoms with Crippen LogP contribution in [0.25, 0.3) is 0 Å². The molecule has 0 unspecified atom stereocenters. The van der Waals surface area contributed by atoms with Gasteiger partial charge in [0.15, 0.2) is 0 Å². The number of esters is 1. The highest BCUT2D eigenvalue weighted by Gasteiger charge is 2.39. The minimum atomic E-state index is -3.69. The van der Waals surface area contributed by atoms with E-state index in [1.165, 1.54) is 19.1 Å². The van der Waals surface area contributed by atoms with E-state index < -0.39 is 33.9 Å². The van der Waals surface area contributed by atoms with Crippen LogP contribution in [0.15, 0.2) is 46.2 Å². The first-order valence-electron chi connectivity index (χ1n) is 7.60. The lowest BCUT2D eigenvalue weighted by molar-refractivity contribution is -0.153. The zero-order valence-corrected chi connectivity index (χ0v) is 14.3. The van der Waals surface area contributed by atoms with Gasteiger partial charge in [-0.05, 0) is 18.6 Å². The zero-order valence-electron chi connectivity index (χ0n) is 13.5. The van der Waals surface area contributed by atoms with Crippen LogP contribution < -0.4 is 0 Å². The Morgan fingerprint density at radius 1 is 1.22 bits per heavy atom. The Morgan fingerprint density at radius 2 is 1.83 bits per heavy atom. The van der Waals surface area contributed by atoms with Gasteiger partial charge >= 0.3 is 5.97 Å². The van der Waals surface area contributed by atoms with Crippen molar-refractivity contribution in [1.29, 1.82) is 0 Å². The van der Waals surface area contributed by atoms with Crippen LogP contribution in [0.1, 0.15) is 27.2 Å². The molecule has 0 saturated carbocycles. The van der Waals surface area contributed by atoms with Gasteiger partial charge in [-0.15, -0.1) is 0 Å². The number of aliphatic hydroxyl groups is 1. The molecule has 5 nitrogen and oxygen atoms in total. The molecular weight excluding hydrogens is 316 g/mol. The van der Waals surface area contributed by atoms with E-state index in [1.807, 2.05) is 0 Å². The summed E-state index contributed by atoms with van der Waals surface area (Å²) in [5.74, 6) is -1.37. The van der Waals surface area contributed by atoms with E-state index in [2.05, 4.69) is 0 Å². The molecule has 0 fully saturated rings. The van der Waals surface area contributed by atoms with Gasteiger partial charge in [0, 0.05) is 18.8 Å². The molecule has 0 amide bonds. The quantitative estimate of drug-likeness (QED) is 0.856. The molecule has 4 atom stereocenters. The largest absolute Gasteiger partial charge is 0.462 e. The molecular formula is C17H22O5S. The van der Waals surface area contributed by atoms with Crippen molar-refractivity contribution in [2.75, 3.05) is 0 Å². The molecule has 1 aliphatic carbocycles. The molecule has 1 aromatic carbocycles. The van der Waals surface area contributed by atoms with Crippen molar-refractivity contribution in [2.24, 2.45) is 11.8 Å². The van der Waals surface area contributed by atoms with Crippen LogP contribution in [0.3, 0.4) is 0 Å². The summed E-state index contributed by atoms with van der Waals surface area (Å²) in [6.45, 7) is 4.76. The van der Waals surface area contributed by atoms with Crippen molar-refractivity contribution >= 4 is 15.8 Å². The lowest BCUT2D eigenvalue weighted by Gasteiger charge is -2.30. The van der Waals surface area contributed by atoms with Crippen LogP contribution in [0, 0.1) is 11.8 Å². The second-order valence-electron chi connectivity index (χ2n) is 5.95. The molecule has 1 N–H and O–H groups in total. The summed E-state index contributed by atoms with van der Waals surface area (Å²) in [5.41, 5.74) is 0. The Balaban J connectivity index is 2.46. The Labute approximate surface area is 136 Å². The van der Waals surface area contributed by atoms with E-state index in [0.29, 0.717) is 0 Å². The molecule has 6 heteroatoms. The van der Waals surface area contributed by atoms with Gasteiger partial charge in [-0.2, -0.15) is 0 Å². The highest BCUT2D eigenvalue weighted by molar-refractivity contribution is 7.95. The van der Waals surface area contributed by atoms with Gasteiger partial charge in [0.25, 0.3) is 0 Å². The molecule has 0 bridgehead atoms. The number of rotatable bonds is 3. The molecule has 0 saturated heterocycles. The maximum atomic E-state index is 12.9. The van der Waals surface area contributed by atoms with Crippen molar-refractivity contribution in [2.45, 2.75) is 44.3 Å². The van der Waals surface area contributed by atoms with Crippen LogP contribution in [0.5, 0.6) is 0 Å². The lowest BCUT2D eigenvalue weighted by Crippen LogP contribution is -2.37. The average molecular weight is 338 g/mol. The smallest absolute Gasteiger partial charge is 0.302 e. The second-order valence-corrected chi connectivity index (χ2v) is 7.90. The SMILES string of the molecule is CC(=O)O[C@H]1[C@@H](C)[C@H](O)CC=C(S(=O)(=O)c2ccccc2)[C@H]1C. The monoisotopic (exact) mass is 338 g/mol. The Morgan fingerprint density at radius 3 is 2.39 bits per heavy atom. The third-order valence-corrected chi connectivity index (χ3v) is 6.34. The first kappa shape index (κ1) is 17.7. The summed E-state index contributed by atoms with van der Waals surface area (Å²) >= 11 is 0. The Kier molecular flexibility index (Phi) is 5.26. The lowest BCUT2D eigenvalue weighted by atomic mass is 9.90. The van der Waals surface area contributed by atoms with Crippen LogP contribution >= 0.6 is 0 Å². The van der Waals surface area contributed by atoms with E-state index in [-0.39, 0.29) is 22.1 Å². The topological polar surface area (TPSA) is 80.7 Å². The number of carbonyl (C=O) groups excluding carboxylic acids is 1. The summed E-state index contributed by atoms with van der Waals surface area (Å²) in [7, 11) is -3.69. The fourth-order valence-corrected chi connectivity index (χ4v) is 4.69. The third kappa shape index (κ3) is 3.64. The van der Waals surface area contributed by atoms with Crippen LogP contribution in [0.4, 0.5) is 0 Å². The second kappa shape index (κ2) is 6.84. The van der Waals surface area contributed by atoms with Crippen molar-refractivity contribution in [1.82, 2.24) is 0 Å². The number of carbonyl (C=O) groups is 1. The predicted octanol–water partition coefficient (Wildman–Crippen LogP) is 2.31. The molecule has 126 valence electrons. The number of hydrogen-bond acceptors (Lipinski definition) is 5. The van der Waals surface area contributed by atoms with Gasteiger partial charge in [-0.25, -0.2) is 8.42 Å². The Hall–Kier alpha value is -1.66. The summed E-state index contributed by atoms with van der Waals surface area (Å²) in [5, 5.41) is 10.2. The number of sulfone groups is 1. The van der Waals surface area contributed by atoms with Gasteiger partial charge in [0.2, 0.25) is 9.84 Å². The molecule has 0 aliphatic heterocycles. The van der Waals surface area contributed by atoms with Crippen molar-refractivity contribution in [3.05, 3.63) is 41.3 Å². The summed E-state index contributed by atoms with van der Waals surface area (Å²) in [4.78, 5) is 11.8. The fraction of sp³-hybridized carbons (Fsp3) is 0.471. The minimum Gasteiger partial charge on any atom is -0.462 e. The number of benzene rings is 1. The summed E-state index contributed by atoms with van der Waals surface area (Å²) < 4.78 is 31.1. The summed E-state index contributed by atoms with van der Waals surface area (Å²) in [6.07, 6.45) is 0.322. The molecule has 0 aromatic heterocycles. The molecule has 1 aliphatic rings. The zero-order chi connectivity index (χ0) is 17.2. The molecule has 1 aromatic rings. The van der Waals surface area contributed by atoms with Gasteiger partial charge in [-0.3, -0.25) is 4.79 Å². The van der Waals surface area contributed by atoms with E-state index in [1.54, 1.807) is 38.1 Å². The highest BCUT2D eigenvalue weighted by atomic mass is 32.2. The predicted molar refractivity (Wildman–Crippen MR) is 86.2 cm³/mol. The molecule has 0 radical (unpaired) electrons. The van der Waals surface area contributed by atoms with Gasteiger partial charge in [0.05, 0.1) is 15.9 Å². The van der Waals surface area contributed by atoms with E-state index >= 15 is 0 Å². The molecule has 0 spiro atoms. The normalized spacial score (nSPS) is 28.6. The van der Waals surface area contributed by atoms with Crippen LogP contribution in [0.2, 0.25) is 0 Å². The standard InChI is InChI=1S/C17H22O5S/c1-11-15(19)9-10-16(12(2)17(11)22-13(3)18)23(20,21)14-7-5-4-6-8-14/h4-8,10-12,15,17,19H,9H2,1-3H3/t11-,12+,15+,17-/m0/s1. The molecule has 2 rings (SSSR count). The molecule has 0 heterocycles. The number of ether oxygens (including phenoxy) is 1. The van der Waals surface area contributed by atoms with Gasteiger partial charge < -0.3 is 9.84 Å². The minimum absolute atomic E-state index is 0.193. The highest BCUT2D eigenvalue weighted by Crippen LogP contribution is 2.36. The van der Waals surface area contributed by atoms with Crippen LogP contribution in [-0.4, -0.2) is 31.7 Å². The van der Waals surface area contributed by atoms with Crippen molar-refractivity contribution in [3.8, 4) is 0 Å². The van der Waals surface area contributed by atoms with Crippen molar-refractivity contribution in [3.63, 3.8) is 0 Å². The maximum Gasteiger partial charge on any atom is 0.302 e. The fourth-order valence-electron chi connectivity index (χ4n) is 2.96. The number of hydrogen-bond donors (Lipinski definition) is 1. The van der Waals surface area contributed by atoms with Gasteiger partial charge in [0.1, 0.15) is 6.10 Å². The van der Waals surface area contributed by atoms with E-state index in [9.17, 15) is 18.3 Å². The van der Waals surface area contributed by atoms with Gasteiger partial charge in [-0.1, -0.05) is 38.1 Å².